The lowest BCUT2D eigenvalue weighted by molar-refractivity contribution is 0.104. The van der Waals surface area contributed by atoms with E-state index < -0.39 is 0 Å². The number of hydrogen-bond donors (Lipinski definition) is 1. The van der Waals surface area contributed by atoms with E-state index in [0.29, 0.717) is 22.6 Å². The molecule has 0 spiro atoms. The maximum Gasteiger partial charge on any atom is 0.231 e. The van der Waals surface area contributed by atoms with E-state index in [1.54, 1.807) is 42.5 Å². The van der Waals surface area contributed by atoms with Crippen LogP contribution in [-0.2, 0) is 0 Å². The van der Waals surface area contributed by atoms with Crippen LogP contribution in [0.1, 0.15) is 15.9 Å². The third kappa shape index (κ3) is 2.92. The standard InChI is InChI=1S/C16H11BrO4/c17-12-3-5-14(19)10(7-12)1-4-13(18)11-2-6-15-16(8-11)21-9-20-15/h1-8,19H,9H2. The number of rotatable bonds is 3. The largest absolute Gasteiger partial charge is 0.507 e. The Kier molecular flexibility index (Phi) is 3.66. The number of phenolic OH excluding ortho intramolecular Hbond substituents is 1. The fraction of sp³-hybridized carbons (Fsp3) is 0.0625. The van der Waals surface area contributed by atoms with Crippen LogP contribution >= 0.6 is 15.9 Å². The minimum atomic E-state index is -0.173. The van der Waals surface area contributed by atoms with Crippen LogP contribution < -0.4 is 9.47 Å². The summed E-state index contributed by atoms with van der Waals surface area (Å²) in [5, 5.41) is 9.73. The van der Waals surface area contributed by atoms with Crippen LogP contribution in [0.25, 0.3) is 6.08 Å². The van der Waals surface area contributed by atoms with Crippen LogP contribution in [-0.4, -0.2) is 17.7 Å². The second kappa shape index (κ2) is 5.61. The third-order valence-corrected chi connectivity index (χ3v) is 3.55. The number of fused-ring (bicyclic) bond motifs is 1. The Labute approximate surface area is 129 Å². The van der Waals surface area contributed by atoms with Gasteiger partial charge in [-0.15, -0.1) is 0 Å². The number of allylic oxidation sites excluding steroid dienone is 1. The van der Waals surface area contributed by atoms with E-state index in [-0.39, 0.29) is 18.3 Å². The van der Waals surface area contributed by atoms with Gasteiger partial charge in [-0.05, 0) is 48.6 Å². The molecule has 1 heterocycles. The van der Waals surface area contributed by atoms with Crippen LogP contribution in [0.4, 0.5) is 0 Å². The van der Waals surface area contributed by atoms with Crippen molar-refractivity contribution in [1.29, 1.82) is 0 Å². The number of carbonyl (C=O) groups is 1. The van der Waals surface area contributed by atoms with Crippen LogP contribution in [0.5, 0.6) is 17.2 Å². The van der Waals surface area contributed by atoms with Gasteiger partial charge in [0.05, 0.1) is 0 Å². The molecule has 0 saturated carbocycles. The molecule has 0 amide bonds. The number of aromatic hydroxyl groups is 1. The average molecular weight is 347 g/mol. The summed E-state index contributed by atoms with van der Waals surface area (Å²) in [6.07, 6.45) is 2.99. The highest BCUT2D eigenvalue weighted by molar-refractivity contribution is 9.10. The van der Waals surface area contributed by atoms with Crippen LogP contribution in [0.3, 0.4) is 0 Å². The number of halogens is 1. The monoisotopic (exact) mass is 346 g/mol. The lowest BCUT2D eigenvalue weighted by Crippen LogP contribution is -1.94. The topological polar surface area (TPSA) is 55.8 Å². The number of ketones is 1. The molecule has 0 fully saturated rings. The molecule has 0 atom stereocenters. The highest BCUT2D eigenvalue weighted by Crippen LogP contribution is 2.32. The Hall–Kier alpha value is -2.27. The summed E-state index contributed by atoms with van der Waals surface area (Å²) in [7, 11) is 0. The molecule has 3 rings (SSSR count). The molecule has 0 bridgehead atoms. The molecule has 0 aromatic heterocycles. The number of phenols is 1. The van der Waals surface area contributed by atoms with E-state index in [1.807, 2.05) is 0 Å². The summed E-state index contributed by atoms with van der Waals surface area (Å²) in [4.78, 5) is 12.1. The molecule has 0 radical (unpaired) electrons. The van der Waals surface area contributed by atoms with Gasteiger partial charge in [0.2, 0.25) is 6.79 Å². The van der Waals surface area contributed by atoms with E-state index in [9.17, 15) is 9.90 Å². The summed E-state index contributed by atoms with van der Waals surface area (Å²) < 4.78 is 11.3. The summed E-state index contributed by atoms with van der Waals surface area (Å²) in [6.45, 7) is 0.175. The van der Waals surface area contributed by atoms with E-state index in [2.05, 4.69) is 15.9 Å². The fourth-order valence-corrected chi connectivity index (χ4v) is 2.35. The molecular weight excluding hydrogens is 336 g/mol. The molecule has 1 aliphatic heterocycles. The summed E-state index contributed by atoms with van der Waals surface area (Å²) >= 11 is 3.32. The Bertz CT molecular complexity index is 737. The third-order valence-electron chi connectivity index (χ3n) is 3.06. The van der Waals surface area contributed by atoms with Crippen molar-refractivity contribution in [2.45, 2.75) is 0 Å². The zero-order valence-electron chi connectivity index (χ0n) is 10.9. The fourth-order valence-electron chi connectivity index (χ4n) is 1.97. The Morgan fingerprint density at radius 3 is 2.81 bits per heavy atom. The van der Waals surface area contributed by atoms with Gasteiger partial charge in [-0.25, -0.2) is 0 Å². The van der Waals surface area contributed by atoms with Crippen LogP contribution in [0.15, 0.2) is 46.9 Å². The molecule has 106 valence electrons. The van der Waals surface area contributed by atoms with E-state index in [0.717, 1.165) is 4.47 Å². The van der Waals surface area contributed by atoms with Crippen molar-refractivity contribution in [3.8, 4) is 17.2 Å². The first kappa shape index (κ1) is 13.7. The number of benzene rings is 2. The average Bonchev–Trinajstić information content (AvgIpc) is 2.95. The van der Waals surface area contributed by atoms with Crippen LogP contribution in [0, 0.1) is 0 Å². The Balaban J connectivity index is 1.83. The van der Waals surface area contributed by atoms with Crippen molar-refractivity contribution in [2.75, 3.05) is 6.79 Å². The molecular formula is C16H11BrO4. The molecule has 21 heavy (non-hydrogen) atoms. The summed E-state index contributed by atoms with van der Waals surface area (Å²) in [6, 6.07) is 10.1. The van der Waals surface area contributed by atoms with Gasteiger partial charge < -0.3 is 14.6 Å². The minimum absolute atomic E-state index is 0.118. The van der Waals surface area contributed by atoms with Gasteiger partial charge in [-0.1, -0.05) is 15.9 Å². The minimum Gasteiger partial charge on any atom is -0.507 e. The zero-order valence-corrected chi connectivity index (χ0v) is 12.5. The predicted molar refractivity (Wildman–Crippen MR) is 81.7 cm³/mol. The quantitative estimate of drug-likeness (QED) is 0.678. The van der Waals surface area contributed by atoms with Gasteiger partial charge in [-0.3, -0.25) is 4.79 Å². The smallest absolute Gasteiger partial charge is 0.231 e. The van der Waals surface area contributed by atoms with Crippen molar-refractivity contribution in [1.82, 2.24) is 0 Å². The van der Waals surface area contributed by atoms with Gasteiger partial charge >= 0.3 is 0 Å². The second-order valence-corrected chi connectivity index (χ2v) is 5.38. The molecule has 5 heteroatoms. The molecule has 4 nitrogen and oxygen atoms in total. The molecule has 2 aromatic rings. The lowest BCUT2D eigenvalue weighted by atomic mass is 10.1. The SMILES string of the molecule is O=C(C=Cc1cc(Br)ccc1O)c1ccc2c(c1)OCO2. The molecule has 2 aromatic carbocycles. The van der Waals surface area contributed by atoms with Crippen molar-refractivity contribution in [2.24, 2.45) is 0 Å². The predicted octanol–water partition coefficient (Wildman–Crippen LogP) is 3.78. The summed E-state index contributed by atoms with van der Waals surface area (Å²) in [5.41, 5.74) is 1.07. The summed E-state index contributed by atoms with van der Waals surface area (Å²) in [5.74, 6) is 1.15. The Morgan fingerprint density at radius 1 is 1.14 bits per heavy atom. The van der Waals surface area contributed by atoms with Crippen molar-refractivity contribution < 1.29 is 19.4 Å². The van der Waals surface area contributed by atoms with E-state index >= 15 is 0 Å². The number of ether oxygens (including phenoxy) is 2. The number of carbonyl (C=O) groups excluding carboxylic acids is 1. The van der Waals surface area contributed by atoms with Crippen molar-refractivity contribution >= 4 is 27.8 Å². The van der Waals surface area contributed by atoms with Crippen LogP contribution in [0.2, 0.25) is 0 Å². The highest BCUT2D eigenvalue weighted by Gasteiger charge is 2.15. The molecule has 0 saturated heterocycles. The molecule has 0 unspecified atom stereocenters. The van der Waals surface area contributed by atoms with Gasteiger partial charge in [0.25, 0.3) is 0 Å². The second-order valence-electron chi connectivity index (χ2n) is 4.47. The Morgan fingerprint density at radius 2 is 1.95 bits per heavy atom. The first-order valence-electron chi connectivity index (χ1n) is 6.24. The molecule has 0 aliphatic carbocycles. The first-order valence-corrected chi connectivity index (χ1v) is 7.03. The first-order chi connectivity index (χ1) is 10.1. The number of hydrogen-bond acceptors (Lipinski definition) is 4. The van der Waals surface area contributed by atoms with Gasteiger partial charge in [-0.2, -0.15) is 0 Å². The maximum atomic E-state index is 12.1. The molecule has 1 aliphatic rings. The zero-order chi connectivity index (χ0) is 14.8. The molecule has 1 N–H and O–H groups in total. The van der Waals surface area contributed by atoms with E-state index in [4.69, 9.17) is 9.47 Å². The van der Waals surface area contributed by atoms with Crippen molar-refractivity contribution in [3.05, 3.63) is 58.1 Å². The van der Waals surface area contributed by atoms with Gasteiger partial charge in [0.1, 0.15) is 5.75 Å². The van der Waals surface area contributed by atoms with E-state index in [1.165, 1.54) is 6.08 Å². The lowest BCUT2D eigenvalue weighted by Gasteiger charge is -2.01. The maximum absolute atomic E-state index is 12.1. The highest BCUT2D eigenvalue weighted by atomic mass is 79.9. The van der Waals surface area contributed by atoms with Gasteiger partial charge in [0.15, 0.2) is 17.3 Å². The van der Waals surface area contributed by atoms with Gasteiger partial charge in [0, 0.05) is 15.6 Å². The normalized spacial score (nSPS) is 12.8. The van der Waals surface area contributed by atoms with Crippen molar-refractivity contribution in [3.63, 3.8) is 0 Å².